The van der Waals surface area contributed by atoms with E-state index in [0.717, 1.165) is 5.56 Å². The average Bonchev–Trinajstić information content (AvgIpc) is 2.40. The van der Waals surface area contributed by atoms with Crippen LogP contribution in [-0.4, -0.2) is 41.9 Å². The Kier molecular flexibility index (Phi) is 3.91. The van der Waals surface area contributed by atoms with E-state index in [1.807, 2.05) is 6.07 Å². The summed E-state index contributed by atoms with van der Waals surface area (Å²) in [7, 11) is -4.55. The number of nitrogens with one attached hydrogen (secondary N) is 1. The first-order valence-electron chi connectivity index (χ1n) is 5.64. The molecule has 1 aromatic carbocycles. The third-order valence-corrected chi connectivity index (χ3v) is 3.56. The molecule has 1 unspecified atom stereocenters. The molecule has 1 heterocycles. The van der Waals surface area contributed by atoms with E-state index in [9.17, 15) is 18.0 Å². The highest BCUT2D eigenvalue weighted by atomic mass is 32.2. The first-order chi connectivity index (χ1) is 9.38. The van der Waals surface area contributed by atoms with Crippen LogP contribution in [0.5, 0.6) is 0 Å². The summed E-state index contributed by atoms with van der Waals surface area (Å²) in [5, 5.41) is 2.21. The molecule has 1 aromatic rings. The number of nitrogens with zero attached hydrogens (tertiary/aromatic N) is 1. The number of carbonyl (C=O) groups excluding carboxylic acids is 2. The van der Waals surface area contributed by atoms with Crippen molar-refractivity contribution in [3.8, 4) is 0 Å². The van der Waals surface area contributed by atoms with E-state index in [-0.39, 0.29) is 17.5 Å². The molecule has 108 valence electrons. The molecule has 0 spiro atoms. The molecule has 2 amide bonds. The third kappa shape index (κ3) is 3.25. The summed E-state index contributed by atoms with van der Waals surface area (Å²) in [6, 6.07) is 7.93. The molecule has 0 bridgehead atoms. The van der Waals surface area contributed by atoms with Gasteiger partial charge >= 0.3 is 16.4 Å². The second kappa shape index (κ2) is 5.47. The van der Waals surface area contributed by atoms with Crippen molar-refractivity contribution in [2.24, 2.45) is 0 Å². The fourth-order valence-corrected chi connectivity index (χ4v) is 2.31. The van der Waals surface area contributed by atoms with Crippen molar-refractivity contribution in [2.45, 2.75) is 12.6 Å². The smallest absolute Gasteiger partial charge is 0.408 e. The van der Waals surface area contributed by atoms with Crippen molar-refractivity contribution >= 4 is 22.3 Å². The highest BCUT2D eigenvalue weighted by molar-refractivity contribution is 7.84. The van der Waals surface area contributed by atoms with Gasteiger partial charge in [0.05, 0.1) is 6.54 Å². The highest BCUT2D eigenvalue weighted by Crippen LogP contribution is 2.14. The van der Waals surface area contributed by atoms with Gasteiger partial charge in [0.15, 0.2) is 0 Å². The fourth-order valence-electron chi connectivity index (χ4n) is 1.62. The molecule has 2 rings (SSSR count). The van der Waals surface area contributed by atoms with Crippen LogP contribution in [0, 0.1) is 0 Å². The molecule has 0 saturated carbocycles. The molecule has 1 fully saturated rings. The van der Waals surface area contributed by atoms with Gasteiger partial charge in [0.1, 0.15) is 12.6 Å². The number of ether oxygens (including phenoxy) is 1. The summed E-state index contributed by atoms with van der Waals surface area (Å²) >= 11 is 0. The maximum absolute atomic E-state index is 11.4. The van der Waals surface area contributed by atoms with E-state index in [0.29, 0.717) is 0 Å². The Hall–Kier alpha value is -2.13. The minimum absolute atomic E-state index is 0.0373. The van der Waals surface area contributed by atoms with Crippen LogP contribution in [0.25, 0.3) is 0 Å². The average molecular weight is 300 g/mol. The van der Waals surface area contributed by atoms with Gasteiger partial charge in [-0.15, -0.1) is 0 Å². The first kappa shape index (κ1) is 14.3. The molecule has 1 saturated heterocycles. The number of alkyl carbamates (subject to hydrolysis) is 1. The summed E-state index contributed by atoms with van der Waals surface area (Å²) in [4.78, 5) is 22.7. The number of amides is 2. The lowest BCUT2D eigenvalue weighted by Gasteiger charge is -2.34. The van der Waals surface area contributed by atoms with Crippen LogP contribution >= 0.6 is 0 Å². The maximum Gasteiger partial charge on any atom is 0.408 e. The summed E-state index contributed by atoms with van der Waals surface area (Å²) in [5.41, 5.74) is 0.780. The summed E-state index contributed by atoms with van der Waals surface area (Å²) < 4.78 is 35.1. The van der Waals surface area contributed by atoms with Crippen LogP contribution in [0.4, 0.5) is 4.79 Å². The molecule has 20 heavy (non-hydrogen) atoms. The monoisotopic (exact) mass is 300 g/mol. The third-order valence-electron chi connectivity index (χ3n) is 2.68. The summed E-state index contributed by atoms with van der Waals surface area (Å²) in [5.74, 6) is -0.899. The number of hydrogen-bond donors (Lipinski definition) is 2. The van der Waals surface area contributed by atoms with E-state index in [4.69, 9.17) is 9.29 Å². The Labute approximate surface area is 115 Å². The minimum Gasteiger partial charge on any atom is -0.445 e. The van der Waals surface area contributed by atoms with E-state index < -0.39 is 28.3 Å². The predicted molar refractivity (Wildman–Crippen MR) is 66.8 cm³/mol. The molecule has 0 aliphatic carbocycles. The van der Waals surface area contributed by atoms with Crippen LogP contribution in [-0.2, 0) is 26.4 Å². The zero-order valence-corrected chi connectivity index (χ0v) is 11.0. The molecular weight excluding hydrogens is 288 g/mol. The number of benzene rings is 1. The zero-order valence-electron chi connectivity index (χ0n) is 10.2. The number of carbonyl (C=O) groups is 2. The van der Waals surface area contributed by atoms with Crippen LogP contribution in [0.2, 0.25) is 0 Å². The van der Waals surface area contributed by atoms with Crippen molar-refractivity contribution in [3.05, 3.63) is 35.9 Å². The van der Waals surface area contributed by atoms with E-state index in [2.05, 4.69) is 5.32 Å². The van der Waals surface area contributed by atoms with Gasteiger partial charge in [0.2, 0.25) is 0 Å². The SMILES string of the molecule is O=C(NC1CN(S(=O)(=O)O)C1=O)OCc1ccccc1. The van der Waals surface area contributed by atoms with Crippen molar-refractivity contribution in [2.75, 3.05) is 6.54 Å². The van der Waals surface area contributed by atoms with Gasteiger partial charge in [-0.1, -0.05) is 30.3 Å². The quantitative estimate of drug-likeness (QED) is 0.594. The molecule has 0 radical (unpaired) electrons. The number of hydrogen-bond acceptors (Lipinski definition) is 5. The molecule has 9 heteroatoms. The molecule has 1 atom stereocenters. The summed E-state index contributed by atoms with van der Waals surface area (Å²) in [6.07, 6.45) is -0.831. The van der Waals surface area contributed by atoms with Crippen LogP contribution in [0.1, 0.15) is 5.56 Å². The van der Waals surface area contributed by atoms with Gasteiger partial charge in [0, 0.05) is 0 Å². The largest absolute Gasteiger partial charge is 0.445 e. The van der Waals surface area contributed by atoms with Crippen molar-refractivity contribution in [1.82, 2.24) is 9.62 Å². The van der Waals surface area contributed by atoms with Gasteiger partial charge in [-0.25, -0.2) is 9.10 Å². The van der Waals surface area contributed by atoms with Crippen LogP contribution in [0.3, 0.4) is 0 Å². The van der Waals surface area contributed by atoms with Gasteiger partial charge < -0.3 is 10.1 Å². The normalized spacial score (nSPS) is 18.4. The minimum atomic E-state index is -4.55. The van der Waals surface area contributed by atoms with Crippen LogP contribution < -0.4 is 5.32 Å². The van der Waals surface area contributed by atoms with E-state index in [1.165, 1.54) is 0 Å². The predicted octanol–water partition coefficient (Wildman–Crippen LogP) is -0.0736. The van der Waals surface area contributed by atoms with Gasteiger partial charge in [-0.05, 0) is 5.56 Å². The highest BCUT2D eigenvalue weighted by Gasteiger charge is 2.44. The topological polar surface area (TPSA) is 113 Å². The number of rotatable bonds is 4. The van der Waals surface area contributed by atoms with Crippen molar-refractivity contribution < 1.29 is 27.3 Å². The Bertz CT molecular complexity index is 615. The second-order valence-corrected chi connectivity index (χ2v) is 5.44. The van der Waals surface area contributed by atoms with Crippen LogP contribution in [0.15, 0.2) is 30.3 Å². The first-order valence-corrected chi connectivity index (χ1v) is 7.04. The van der Waals surface area contributed by atoms with E-state index >= 15 is 0 Å². The molecule has 1 aliphatic heterocycles. The Morgan fingerprint density at radius 2 is 2.05 bits per heavy atom. The van der Waals surface area contributed by atoms with Gasteiger partial charge in [0.25, 0.3) is 5.91 Å². The fraction of sp³-hybridized carbons (Fsp3) is 0.273. The lowest BCUT2D eigenvalue weighted by Crippen LogP contribution is -2.65. The zero-order chi connectivity index (χ0) is 14.8. The van der Waals surface area contributed by atoms with E-state index in [1.54, 1.807) is 24.3 Å². The Balaban J connectivity index is 1.78. The molecule has 0 aromatic heterocycles. The molecular formula is C11H12N2O6S. The molecule has 2 N–H and O–H groups in total. The maximum atomic E-state index is 11.4. The van der Waals surface area contributed by atoms with Crippen molar-refractivity contribution in [3.63, 3.8) is 0 Å². The standard InChI is InChI=1S/C11H12N2O6S/c14-10-9(6-13(10)20(16,17)18)12-11(15)19-7-8-4-2-1-3-5-8/h1-5,9H,6-7H2,(H,12,15)(H,16,17,18). The second-order valence-electron chi connectivity index (χ2n) is 4.11. The molecule has 1 aliphatic rings. The Morgan fingerprint density at radius 1 is 1.40 bits per heavy atom. The van der Waals surface area contributed by atoms with Gasteiger partial charge in [-0.2, -0.15) is 8.42 Å². The van der Waals surface area contributed by atoms with Crippen molar-refractivity contribution in [1.29, 1.82) is 0 Å². The lowest BCUT2D eigenvalue weighted by molar-refractivity contribution is -0.136. The summed E-state index contributed by atoms with van der Waals surface area (Å²) in [6.45, 7) is -0.270. The molecule has 8 nitrogen and oxygen atoms in total. The Morgan fingerprint density at radius 3 is 2.60 bits per heavy atom. The number of β-lactam (4-membered cyclic amide) rings is 1. The lowest BCUT2D eigenvalue weighted by atomic mass is 10.2. The van der Waals surface area contributed by atoms with Gasteiger partial charge in [-0.3, -0.25) is 9.35 Å².